The first kappa shape index (κ1) is 14.9. The van der Waals surface area contributed by atoms with Gasteiger partial charge < -0.3 is 20.5 Å². The first-order valence-electron chi connectivity index (χ1n) is 6.32. The van der Waals surface area contributed by atoms with Gasteiger partial charge in [0.15, 0.2) is 6.29 Å². The number of likely N-dealkylation sites (N-methyl/N-ethyl adjacent to an activating group) is 1. The fourth-order valence-electron chi connectivity index (χ4n) is 1.82. The minimum Gasteiger partial charge on any atom is -0.384 e. The van der Waals surface area contributed by atoms with Gasteiger partial charge in [-0.25, -0.2) is 4.98 Å². The van der Waals surface area contributed by atoms with Crippen LogP contribution in [0, 0.1) is 0 Å². The molecule has 1 aromatic heterocycles. The van der Waals surface area contributed by atoms with Gasteiger partial charge in [-0.2, -0.15) is 0 Å². The standard InChI is InChI=1S/C13H23N3O2/c1-4-17-13(18-5-2)11(15-3)8-10-6-7-16-12(14)9-10/h6-7,9,11,13,15H,4-5,8H2,1-3H3,(H2,14,16). The van der Waals surface area contributed by atoms with E-state index in [1.165, 1.54) is 0 Å². The fourth-order valence-corrected chi connectivity index (χ4v) is 1.82. The van der Waals surface area contributed by atoms with Crippen LogP contribution in [-0.2, 0) is 15.9 Å². The van der Waals surface area contributed by atoms with E-state index >= 15 is 0 Å². The lowest BCUT2D eigenvalue weighted by atomic mass is 10.1. The van der Waals surface area contributed by atoms with Gasteiger partial charge in [0.05, 0.1) is 6.04 Å². The van der Waals surface area contributed by atoms with Crippen molar-refractivity contribution in [2.75, 3.05) is 26.0 Å². The number of aromatic nitrogens is 1. The minimum absolute atomic E-state index is 0.0895. The van der Waals surface area contributed by atoms with Crippen LogP contribution in [0.2, 0.25) is 0 Å². The summed E-state index contributed by atoms with van der Waals surface area (Å²) in [6, 6.07) is 3.92. The molecule has 0 fully saturated rings. The van der Waals surface area contributed by atoms with E-state index in [1.807, 2.05) is 33.0 Å². The average molecular weight is 253 g/mol. The number of nitrogen functional groups attached to an aromatic ring is 1. The zero-order chi connectivity index (χ0) is 13.4. The molecule has 3 N–H and O–H groups in total. The van der Waals surface area contributed by atoms with Crippen LogP contribution in [0.4, 0.5) is 5.82 Å². The molecule has 1 unspecified atom stereocenters. The molecule has 0 aliphatic rings. The number of nitrogens with two attached hydrogens (primary N) is 1. The van der Waals surface area contributed by atoms with Crippen molar-refractivity contribution in [2.24, 2.45) is 0 Å². The Bertz CT molecular complexity index is 341. The molecule has 0 aromatic carbocycles. The van der Waals surface area contributed by atoms with Crippen LogP contribution in [0.25, 0.3) is 0 Å². The summed E-state index contributed by atoms with van der Waals surface area (Å²) in [6.07, 6.45) is 2.25. The molecule has 5 nitrogen and oxygen atoms in total. The van der Waals surface area contributed by atoms with Gasteiger partial charge in [-0.1, -0.05) is 0 Å². The smallest absolute Gasteiger partial charge is 0.172 e. The number of nitrogens with one attached hydrogen (secondary N) is 1. The van der Waals surface area contributed by atoms with Crippen LogP contribution in [0.15, 0.2) is 18.3 Å². The van der Waals surface area contributed by atoms with E-state index < -0.39 is 0 Å². The molecule has 5 heteroatoms. The van der Waals surface area contributed by atoms with Gasteiger partial charge in [0, 0.05) is 19.4 Å². The average Bonchev–Trinajstić information content (AvgIpc) is 2.36. The maximum atomic E-state index is 5.68. The highest BCUT2D eigenvalue weighted by molar-refractivity contribution is 5.32. The highest BCUT2D eigenvalue weighted by atomic mass is 16.7. The molecule has 18 heavy (non-hydrogen) atoms. The first-order chi connectivity index (χ1) is 8.71. The van der Waals surface area contributed by atoms with Gasteiger partial charge in [-0.15, -0.1) is 0 Å². The van der Waals surface area contributed by atoms with Crippen LogP contribution in [-0.4, -0.2) is 37.6 Å². The van der Waals surface area contributed by atoms with Gasteiger partial charge >= 0.3 is 0 Å². The van der Waals surface area contributed by atoms with E-state index in [-0.39, 0.29) is 12.3 Å². The Morgan fingerprint density at radius 2 is 2.00 bits per heavy atom. The maximum absolute atomic E-state index is 5.68. The molecule has 1 heterocycles. The molecule has 102 valence electrons. The number of hydrogen-bond donors (Lipinski definition) is 2. The zero-order valence-corrected chi connectivity index (χ0v) is 11.3. The summed E-state index contributed by atoms with van der Waals surface area (Å²) in [7, 11) is 1.90. The van der Waals surface area contributed by atoms with Crippen molar-refractivity contribution in [3.8, 4) is 0 Å². The number of anilines is 1. The second-order valence-electron chi connectivity index (χ2n) is 3.97. The third-order valence-corrected chi connectivity index (χ3v) is 2.66. The summed E-state index contributed by atoms with van der Waals surface area (Å²) in [6.45, 7) is 5.18. The van der Waals surface area contributed by atoms with Crippen molar-refractivity contribution in [3.05, 3.63) is 23.9 Å². The van der Waals surface area contributed by atoms with Crippen LogP contribution in [0.3, 0.4) is 0 Å². The molecule has 0 spiro atoms. The molecule has 0 aliphatic carbocycles. The van der Waals surface area contributed by atoms with Crippen LogP contribution in [0.5, 0.6) is 0 Å². The molecular weight excluding hydrogens is 230 g/mol. The van der Waals surface area contributed by atoms with Gasteiger partial charge in [-0.3, -0.25) is 0 Å². The SMILES string of the molecule is CCOC(OCC)C(Cc1ccnc(N)c1)NC. The zero-order valence-electron chi connectivity index (χ0n) is 11.3. The number of pyridine rings is 1. The molecule has 1 atom stereocenters. The second-order valence-corrected chi connectivity index (χ2v) is 3.97. The largest absolute Gasteiger partial charge is 0.384 e. The van der Waals surface area contributed by atoms with Crippen molar-refractivity contribution in [2.45, 2.75) is 32.6 Å². The Labute approximate surface area is 109 Å². The predicted octanol–water partition coefficient (Wildman–Crippen LogP) is 1.19. The highest BCUT2D eigenvalue weighted by Crippen LogP contribution is 2.11. The molecule has 1 rings (SSSR count). The quantitative estimate of drug-likeness (QED) is 0.681. The summed E-state index contributed by atoms with van der Waals surface area (Å²) in [5.74, 6) is 0.534. The Morgan fingerprint density at radius 3 is 2.50 bits per heavy atom. The molecule has 0 amide bonds. The van der Waals surface area contributed by atoms with E-state index in [0.717, 1.165) is 12.0 Å². The van der Waals surface area contributed by atoms with E-state index in [9.17, 15) is 0 Å². The lowest BCUT2D eigenvalue weighted by molar-refractivity contribution is -0.152. The Kier molecular flexibility index (Phi) is 6.64. The molecule has 0 saturated heterocycles. The normalized spacial score (nSPS) is 12.9. The van der Waals surface area contributed by atoms with E-state index in [1.54, 1.807) is 6.20 Å². The third kappa shape index (κ3) is 4.60. The summed E-state index contributed by atoms with van der Waals surface area (Å²) in [5.41, 5.74) is 6.79. The first-order valence-corrected chi connectivity index (χ1v) is 6.32. The van der Waals surface area contributed by atoms with Crippen molar-refractivity contribution < 1.29 is 9.47 Å². The lowest BCUT2D eigenvalue weighted by Crippen LogP contribution is -2.42. The van der Waals surface area contributed by atoms with Crippen LogP contribution >= 0.6 is 0 Å². The van der Waals surface area contributed by atoms with Gasteiger partial charge in [0.2, 0.25) is 0 Å². The van der Waals surface area contributed by atoms with E-state index in [2.05, 4.69) is 10.3 Å². The lowest BCUT2D eigenvalue weighted by Gasteiger charge is -2.26. The summed E-state index contributed by atoms with van der Waals surface area (Å²) < 4.78 is 11.2. The number of ether oxygens (including phenoxy) is 2. The third-order valence-electron chi connectivity index (χ3n) is 2.66. The molecule has 1 aromatic rings. The molecule has 0 bridgehead atoms. The Balaban J connectivity index is 2.69. The number of nitrogens with zero attached hydrogens (tertiary/aromatic N) is 1. The van der Waals surface area contributed by atoms with Gasteiger partial charge in [0.1, 0.15) is 5.82 Å². The van der Waals surface area contributed by atoms with Crippen LogP contribution in [0.1, 0.15) is 19.4 Å². The summed E-state index contributed by atoms with van der Waals surface area (Å²) in [4.78, 5) is 3.99. The number of hydrogen-bond acceptors (Lipinski definition) is 5. The Hall–Kier alpha value is -1.17. The maximum Gasteiger partial charge on any atom is 0.172 e. The van der Waals surface area contributed by atoms with Crippen molar-refractivity contribution in [1.82, 2.24) is 10.3 Å². The summed E-state index contributed by atoms with van der Waals surface area (Å²) in [5, 5.41) is 3.23. The highest BCUT2D eigenvalue weighted by Gasteiger charge is 2.21. The fraction of sp³-hybridized carbons (Fsp3) is 0.615. The van der Waals surface area contributed by atoms with Crippen molar-refractivity contribution in [1.29, 1.82) is 0 Å². The van der Waals surface area contributed by atoms with Gasteiger partial charge in [-0.05, 0) is 45.0 Å². The monoisotopic (exact) mass is 253 g/mol. The van der Waals surface area contributed by atoms with E-state index in [0.29, 0.717) is 19.0 Å². The topological polar surface area (TPSA) is 69.4 Å². The molecule has 0 saturated carbocycles. The molecular formula is C13H23N3O2. The number of rotatable bonds is 8. The predicted molar refractivity (Wildman–Crippen MR) is 72.2 cm³/mol. The second kappa shape index (κ2) is 8.02. The molecule has 0 radical (unpaired) electrons. The Morgan fingerprint density at radius 1 is 1.33 bits per heavy atom. The van der Waals surface area contributed by atoms with E-state index in [4.69, 9.17) is 15.2 Å². The minimum atomic E-state index is -0.251. The van der Waals surface area contributed by atoms with Crippen molar-refractivity contribution >= 4 is 5.82 Å². The molecule has 0 aliphatic heterocycles. The van der Waals surface area contributed by atoms with Crippen LogP contribution < -0.4 is 11.1 Å². The van der Waals surface area contributed by atoms with Gasteiger partial charge in [0.25, 0.3) is 0 Å². The van der Waals surface area contributed by atoms with Crippen molar-refractivity contribution in [3.63, 3.8) is 0 Å². The summed E-state index contributed by atoms with van der Waals surface area (Å²) >= 11 is 0.